The number of aryl methyl sites for hydroxylation is 1. The van der Waals surface area contributed by atoms with Crippen LogP contribution in [-0.4, -0.2) is 19.7 Å². The molecule has 0 aliphatic carbocycles. The lowest BCUT2D eigenvalue weighted by atomic mass is 10.1. The fraction of sp³-hybridized carbons (Fsp3) is 0.176. The topological polar surface area (TPSA) is 73.8 Å². The Kier molecular flexibility index (Phi) is 4.61. The number of nitrogens with zero attached hydrogens (tertiary/aromatic N) is 4. The van der Waals surface area contributed by atoms with Gasteiger partial charge >= 0.3 is 0 Å². The Morgan fingerprint density at radius 2 is 1.96 bits per heavy atom. The molecule has 2 aromatic carbocycles. The van der Waals surface area contributed by atoms with Gasteiger partial charge in [-0.1, -0.05) is 47.7 Å². The molecule has 0 fully saturated rings. The summed E-state index contributed by atoms with van der Waals surface area (Å²) >= 11 is 1.51. The van der Waals surface area contributed by atoms with Gasteiger partial charge in [-0.2, -0.15) is 0 Å². The number of hydrogen-bond acceptors (Lipinski definition) is 5. The molecule has 24 heavy (non-hydrogen) atoms. The van der Waals surface area contributed by atoms with Gasteiger partial charge in [0.25, 0.3) is 5.69 Å². The highest BCUT2D eigenvalue weighted by atomic mass is 32.2. The van der Waals surface area contributed by atoms with Crippen LogP contribution >= 0.6 is 11.8 Å². The van der Waals surface area contributed by atoms with Crippen LogP contribution in [0.3, 0.4) is 0 Å². The summed E-state index contributed by atoms with van der Waals surface area (Å²) in [6, 6.07) is 14.8. The van der Waals surface area contributed by atoms with Gasteiger partial charge in [-0.05, 0) is 18.6 Å². The smallest absolute Gasteiger partial charge is 0.269 e. The summed E-state index contributed by atoms with van der Waals surface area (Å²) in [6.45, 7) is 2.04. The first-order chi connectivity index (χ1) is 11.5. The number of nitro benzene ring substituents is 1. The number of non-ortho nitro benzene ring substituents is 1. The summed E-state index contributed by atoms with van der Waals surface area (Å²) in [5.41, 5.74) is 3.18. The molecule has 0 saturated heterocycles. The van der Waals surface area contributed by atoms with Crippen LogP contribution in [0, 0.1) is 17.0 Å². The van der Waals surface area contributed by atoms with E-state index in [2.05, 4.69) is 16.3 Å². The fourth-order valence-electron chi connectivity index (χ4n) is 2.38. The zero-order chi connectivity index (χ0) is 17.1. The SMILES string of the molecule is Cc1cccc(-c2nnc(SCc3cccc([N+](=O)[O-])c3)n2C)c1. The maximum atomic E-state index is 10.8. The molecular weight excluding hydrogens is 324 g/mol. The molecule has 0 aliphatic heterocycles. The molecular formula is C17H16N4O2S. The van der Waals surface area contributed by atoms with E-state index in [1.165, 1.54) is 23.4 Å². The van der Waals surface area contributed by atoms with Crippen molar-refractivity contribution >= 4 is 17.4 Å². The van der Waals surface area contributed by atoms with Gasteiger partial charge in [-0.25, -0.2) is 0 Å². The largest absolute Gasteiger partial charge is 0.305 e. The van der Waals surface area contributed by atoms with Crippen LogP contribution in [0.5, 0.6) is 0 Å². The lowest BCUT2D eigenvalue weighted by molar-refractivity contribution is -0.384. The monoisotopic (exact) mass is 340 g/mol. The van der Waals surface area contributed by atoms with Gasteiger partial charge < -0.3 is 4.57 Å². The number of nitro groups is 1. The van der Waals surface area contributed by atoms with Gasteiger partial charge in [0, 0.05) is 30.5 Å². The first kappa shape index (κ1) is 16.2. The van der Waals surface area contributed by atoms with E-state index in [-0.39, 0.29) is 10.6 Å². The molecule has 0 radical (unpaired) electrons. The Morgan fingerprint density at radius 3 is 2.71 bits per heavy atom. The third-order valence-corrected chi connectivity index (χ3v) is 4.69. The number of rotatable bonds is 5. The van der Waals surface area contributed by atoms with Crippen molar-refractivity contribution in [2.24, 2.45) is 7.05 Å². The highest BCUT2D eigenvalue weighted by Gasteiger charge is 2.12. The molecule has 0 amide bonds. The molecule has 122 valence electrons. The molecule has 0 unspecified atom stereocenters. The van der Waals surface area contributed by atoms with E-state index in [1.807, 2.05) is 42.8 Å². The molecule has 0 atom stereocenters. The third kappa shape index (κ3) is 3.46. The highest BCUT2D eigenvalue weighted by molar-refractivity contribution is 7.98. The predicted octanol–water partition coefficient (Wildman–Crippen LogP) is 3.99. The minimum atomic E-state index is -0.383. The van der Waals surface area contributed by atoms with E-state index in [0.29, 0.717) is 5.75 Å². The zero-order valence-electron chi connectivity index (χ0n) is 13.3. The minimum absolute atomic E-state index is 0.103. The first-order valence-corrected chi connectivity index (χ1v) is 8.36. The Labute approximate surface area is 143 Å². The van der Waals surface area contributed by atoms with Crippen molar-refractivity contribution in [3.8, 4) is 11.4 Å². The quantitative estimate of drug-likeness (QED) is 0.399. The van der Waals surface area contributed by atoms with Gasteiger partial charge in [0.15, 0.2) is 11.0 Å². The second-order valence-electron chi connectivity index (χ2n) is 5.45. The second kappa shape index (κ2) is 6.84. The Morgan fingerprint density at radius 1 is 1.17 bits per heavy atom. The highest BCUT2D eigenvalue weighted by Crippen LogP contribution is 2.26. The van der Waals surface area contributed by atoms with Crippen molar-refractivity contribution in [1.82, 2.24) is 14.8 Å². The van der Waals surface area contributed by atoms with Crippen molar-refractivity contribution in [1.29, 1.82) is 0 Å². The van der Waals surface area contributed by atoms with Crippen molar-refractivity contribution in [3.05, 3.63) is 69.8 Å². The molecule has 6 nitrogen and oxygen atoms in total. The minimum Gasteiger partial charge on any atom is -0.305 e. The third-order valence-electron chi connectivity index (χ3n) is 3.60. The van der Waals surface area contributed by atoms with Crippen molar-refractivity contribution in [2.45, 2.75) is 17.8 Å². The van der Waals surface area contributed by atoms with E-state index < -0.39 is 0 Å². The van der Waals surface area contributed by atoms with E-state index in [4.69, 9.17) is 0 Å². The summed E-state index contributed by atoms with van der Waals surface area (Å²) in [5, 5.41) is 20.1. The Bertz CT molecular complexity index is 892. The normalized spacial score (nSPS) is 10.8. The first-order valence-electron chi connectivity index (χ1n) is 7.37. The predicted molar refractivity (Wildman–Crippen MR) is 93.8 cm³/mol. The van der Waals surface area contributed by atoms with E-state index in [9.17, 15) is 10.1 Å². The molecule has 0 aliphatic rings. The Balaban J connectivity index is 1.77. The van der Waals surface area contributed by atoms with Gasteiger partial charge in [-0.3, -0.25) is 10.1 Å². The van der Waals surface area contributed by atoms with Gasteiger partial charge in [0.2, 0.25) is 0 Å². The van der Waals surface area contributed by atoms with Crippen LogP contribution in [0.25, 0.3) is 11.4 Å². The van der Waals surface area contributed by atoms with Crippen LogP contribution in [0.2, 0.25) is 0 Å². The summed E-state index contributed by atoms with van der Waals surface area (Å²) in [7, 11) is 1.92. The summed E-state index contributed by atoms with van der Waals surface area (Å²) in [4.78, 5) is 10.5. The number of hydrogen-bond donors (Lipinski definition) is 0. The van der Waals surface area contributed by atoms with Crippen molar-refractivity contribution < 1.29 is 4.92 Å². The summed E-state index contributed by atoms with van der Waals surface area (Å²) < 4.78 is 1.94. The van der Waals surface area contributed by atoms with Gasteiger partial charge in [-0.15, -0.1) is 10.2 Å². The molecule has 0 bridgehead atoms. The lowest BCUT2D eigenvalue weighted by Crippen LogP contribution is -1.95. The zero-order valence-corrected chi connectivity index (χ0v) is 14.2. The number of thioether (sulfide) groups is 1. The molecule has 3 aromatic rings. The summed E-state index contributed by atoms with van der Waals surface area (Å²) in [6.07, 6.45) is 0. The average Bonchev–Trinajstić information content (AvgIpc) is 2.94. The molecule has 0 N–H and O–H groups in total. The standard InChI is InChI=1S/C17H16N4O2S/c1-12-5-3-7-14(9-12)16-18-19-17(20(16)2)24-11-13-6-4-8-15(10-13)21(22)23/h3-10H,11H2,1-2H3. The number of benzene rings is 2. The van der Waals surface area contributed by atoms with E-state index in [1.54, 1.807) is 12.1 Å². The van der Waals surface area contributed by atoms with Crippen LogP contribution in [-0.2, 0) is 12.8 Å². The van der Waals surface area contributed by atoms with Crippen molar-refractivity contribution in [2.75, 3.05) is 0 Å². The van der Waals surface area contributed by atoms with Crippen LogP contribution < -0.4 is 0 Å². The van der Waals surface area contributed by atoms with Crippen molar-refractivity contribution in [3.63, 3.8) is 0 Å². The molecule has 1 heterocycles. The molecule has 1 aromatic heterocycles. The molecule has 7 heteroatoms. The fourth-order valence-corrected chi connectivity index (χ4v) is 3.24. The lowest BCUT2D eigenvalue weighted by Gasteiger charge is -2.05. The van der Waals surface area contributed by atoms with Crippen LogP contribution in [0.1, 0.15) is 11.1 Å². The molecule has 0 spiro atoms. The molecule has 3 rings (SSSR count). The Hall–Kier alpha value is -2.67. The maximum absolute atomic E-state index is 10.8. The van der Waals surface area contributed by atoms with E-state index in [0.717, 1.165) is 22.1 Å². The average molecular weight is 340 g/mol. The molecule has 0 saturated carbocycles. The van der Waals surface area contributed by atoms with Gasteiger partial charge in [0.1, 0.15) is 0 Å². The van der Waals surface area contributed by atoms with Crippen LogP contribution in [0.4, 0.5) is 5.69 Å². The summed E-state index contributed by atoms with van der Waals surface area (Å²) in [5.74, 6) is 1.40. The number of aromatic nitrogens is 3. The van der Waals surface area contributed by atoms with Crippen LogP contribution in [0.15, 0.2) is 53.7 Å². The van der Waals surface area contributed by atoms with Gasteiger partial charge in [0.05, 0.1) is 4.92 Å². The maximum Gasteiger partial charge on any atom is 0.269 e. The second-order valence-corrected chi connectivity index (χ2v) is 6.39. The van der Waals surface area contributed by atoms with E-state index >= 15 is 0 Å².